The number of carbonyl (C=O) groups excluding carboxylic acids is 2. The van der Waals surface area contributed by atoms with Crippen molar-refractivity contribution in [2.45, 2.75) is 85.7 Å². The number of nitrogens with one attached hydrogen (secondary N) is 2. The summed E-state index contributed by atoms with van der Waals surface area (Å²) in [5.74, 6) is -0.0448. The molecule has 0 heterocycles. The first kappa shape index (κ1) is 28.2. The van der Waals surface area contributed by atoms with Gasteiger partial charge in [0.25, 0.3) is 0 Å². The van der Waals surface area contributed by atoms with Crippen molar-refractivity contribution in [2.24, 2.45) is 5.92 Å². The van der Waals surface area contributed by atoms with Crippen molar-refractivity contribution >= 4 is 11.9 Å². The number of hydrogen-bond donors (Lipinski definition) is 2. The number of rotatable bonds is 15. The average molecular weight is 424 g/mol. The highest BCUT2D eigenvalue weighted by Crippen LogP contribution is 2.21. The molecule has 0 aromatic heterocycles. The number of esters is 1. The van der Waals surface area contributed by atoms with Gasteiger partial charge in [0.1, 0.15) is 0 Å². The van der Waals surface area contributed by atoms with Crippen molar-refractivity contribution in [1.82, 2.24) is 15.5 Å². The second kappa shape index (κ2) is 14.2. The molecule has 0 rings (SSSR count). The summed E-state index contributed by atoms with van der Waals surface area (Å²) in [4.78, 5) is 27.1. The molecule has 0 saturated carbocycles. The molecule has 0 spiro atoms. The van der Waals surface area contributed by atoms with Crippen LogP contribution in [0.25, 0.3) is 0 Å². The van der Waals surface area contributed by atoms with Crippen molar-refractivity contribution < 1.29 is 14.3 Å². The van der Waals surface area contributed by atoms with E-state index < -0.39 is 5.54 Å². The maximum Gasteiger partial charge on any atom is 0.333 e. The van der Waals surface area contributed by atoms with Crippen molar-refractivity contribution in [3.63, 3.8) is 0 Å². The van der Waals surface area contributed by atoms with Crippen molar-refractivity contribution in [2.75, 3.05) is 26.7 Å². The van der Waals surface area contributed by atoms with Gasteiger partial charge in [-0.15, -0.1) is 0 Å². The number of ether oxygens (including phenoxy) is 1. The van der Waals surface area contributed by atoms with Crippen LogP contribution in [0, 0.1) is 5.92 Å². The lowest BCUT2D eigenvalue weighted by molar-refractivity contribution is -0.138. The maximum atomic E-state index is 13.3. The van der Waals surface area contributed by atoms with Gasteiger partial charge in [-0.25, -0.2) is 4.79 Å². The third-order valence-electron chi connectivity index (χ3n) is 5.97. The lowest BCUT2D eigenvalue weighted by Gasteiger charge is -2.37. The highest BCUT2D eigenvalue weighted by atomic mass is 16.5. The fraction of sp³-hybridized carbons (Fsp3) is 0.750. The van der Waals surface area contributed by atoms with Gasteiger partial charge in [-0.1, -0.05) is 53.7 Å². The third-order valence-corrected chi connectivity index (χ3v) is 5.97. The first-order valence-corrected chi connectivity index (χ1v) is 11.4. The van der Waals surface area contributed by atoms with Crippen molar-refractivity contribution in [3.05, 3.63) is 23.9 Å². The first-order chi connectivity index (χ1) is 14.1. The Morgan fingerprint density at radius 2 is 1.77 bits per heavy atom. The number of amides is 1. The topological polar surface area (TPSA) is 70.7 Å². The lowest BCUT2D eigenvalue weighted by atomic mass is 9.89. The predicted octanol–water partition coefficient (Wildman–Crippen LogP) is 4.03. The Labute approximate surface area is 184 Å². The minimum atomic E-state index is -0.568. The fourth-order valence-electron chi connectivity index (χ4n) is 3.29. The standard InChI is InChI=1S/C24H45N3O3/c1-10-16-25-24(12-3,13-4)23(29)26-21(18(6)11-2)20(8)27(9)17-15-19(7)22(28)30-14-5/h15,18,21,25H,8,10-14,16-17H2,1-7,9H3,(H,26,29)/b19-15+. The van der Waals surface area contributed by atoms with Crippen LogP contribution in [0.2, 0.25) is 0 Å². The molecule has 0 aromatic carbocycles. The quantitative estimate of drug-likeness (QED) is 0.307. The molecular formula is C24H45N3O3. The second-order valence-electron chi connectivity index (χ2n) is 8.03. The molecule has 6 nitrogen and oxygen atoms in total. The molecule has 0 fully saturated rings. The lowest BCUT2D eigenvalue weighted by Crippen LogP contribution is -2.59. The summed E-state index contributed by atoms with van der Waals surface area (Å²) in [6, 6.07) is -0.176. The highest BCUT2D eigenvalue weighted by molar-refractivity contribution is 5.88. The molecular weight excluding hydrogens is 378 g/mol. The van der Waals surface area contributed by atoms with Crippen molar-refractivity contribution in [1.29, 1.82) is 0 Å². The zero-order valence-electron chi connectivity index (χ0n) is 20.6. The third kappa shape index (κ3) is 8.13. The van der Waals surface area contributed by atoms with E-state index in [0.717, 1.165) is 37.9 Å². The van der Waals surface area contributed by atoms with Gasteiger partial charge in [-0.2, -0.15) is 0 Å². The zero-order chi connectivity index (χ0) is 23.3. The smallest absolute Gasteiger partial charge is 0.333 e. The number of likely N-dealkylation sites (N-methyl/N-ethyl adjacent to an activating group) is 1. The summed E-state index contributed by atoms with van der Waals surface area (Å²) in [5, 5.41) is 6.74. The van der Waals surface area contributed by atoms with Gasteiger partial charge < -0.3 is 20.3 Å². The van der Waals surface area contributed by atoms with Gasteiger partial charge in [0.05, 0.1) is 18.2 Å². The van der Waals surface area contributed by atoms with Crippen LogP contribution in [0.4, 0.5) is 0 Å². The summed E-state index contributed by atoms with van der Waals surface area (Å²) >= 11 is 0. The Morgan fingerprint density at radius 1 is 1.17 bits per heavy atom. The van der Waals surface area contributed by atoms with Crippen LogP contribution in [0.15, 0.2) is 23.9 Å². The van der Waals surface area contributed by atoms with E-state index in [-0.39, 0.29) is 23.8 Å². The Balaban J connectivity index is 5.43. The molecule has 2 unspecified atom stereocenters. The molecule has 174 valence electrons. The molecule has 2 N–H and O–H groups in total. The molecule has 30 heavy (non-hydrogen) atoms. The first-order valence-electron chi connectivity index (χ1n) is 11.4. The molecule has 0 aromatic rings. The van der Waals surface area contributed by atoms with E-state index in [1.807, 2.05) is 31.9 Å². The molecule has 6 heteroatoms. The Hall–Kier alpha value is -1.82. The Bertz CT molecular complexity index is 582. The van der Waals surface area contributed by atoms with Crippen LogP contribution in [0.3, 0.4) is 0 Å². The van der Waals surface area contributed by atoms with E-state index in [9.17, 15) is 9.59 Å². The largest absolute Gasteiger partial charge is 0.463 e. The molecule has 0 radical (unpaired) electrons. The highest BCUT2D eigenvalue weighted by Gasteiger charge is 2.36. The van der Waals surface area contributed by atoms with Crippen LogP contribution in [-0.4, -0.2) is 55.1 Å². The average Bonchev–Trinajstić information content (AvgIpc) is 2.75. The van der Waals surface area contributed by atoms with E-state index in [1.54, 1.807) is 13.8 Å². The minimum absolute atomic E-state index is 0.0269. The second-order valence-corrected chi connectivity index (χ2v) is 8.03. The molecule has 2 atom stereocenters. The van der Waals surface area contributed by atoms with Crippen LogP contribution < -0.4 is 10.6 Å². The van der Waals surface area contributed by atoms with E-state index in [4.69, 9.17) is 4.74 Å². The van der Waals surface area contributed by atoms with E-state index in [0.29, 0.717) is 18.7 Å². The maximum absolute atomic E-state index is 13.3. The van der Waals surface area contributed by atoms with Crippen molar-refractivity contribution in [3.8, 4) is 0 Å². The van der Waals surface area contributed by atoms with E-state index in [1.165, 1.54) is 0 Å². The summed E-state index contributed by atoms with van der Waals surface area (Å²) in [5.41, 5.74) is 0.837. The SMILES string of the molecule is C=C(C(NC(=O)C(CC)(CC)NCCC)C(C)CC)N(C)C/C=C(\C)C(=O)OCC. The number of carbonyl (C=O) groups is 2. The molecule has 0 aliphatic rings. The van der Waals surface area contributed by atoms with Gasteiger partial charge in [-0.3, -0.25) is 4.79 Å². The molecule has 0 saturated heterocycles. The van der Waals surface area contributed by atoms with Gasteiger partial charge in [0, 0.05) is 24.9 Å². The summed E-state index contributed by atoms with van der Waals surface area (Å²) in [6.07, 6.45) is 5.19. The Kier molecular flexibility index (Phi) is 13.4. The fourth-order valence-corrected chi connectivity index (χ4v) is 3.29. The number of nitrogens with zero attached hydrogens (tertiary/aromatic N) is 1. The Morgan fingerprint density at radius 3 is 2.23 bits per heavy atom. The molecule has 1 amide bonds. The molecule has 0 aliphatic heterocycles. The monoisotopic (exact) mass is 423 g/mol. The van der Waals surface area contributed by atoms with E-state index in [2.05, 4.69) is 38.0 Å². The van der Waals surface area contributed by atoms with Gasteiger partial charge in [0.15, 0.2) is 0 Å². The van der Waals surface area contributed by atoms with Gasteiger partial charge in [0.2, 0.25) is 5.91 Å². The van der Waals surface area contributed by atoms with E-state index >= 15 is 0 Å². The summed E-state index contributed by atoms with van der Waals surface area (Å²) in [6.45, 7) is 19.9. The number of hydrogen-bond acceptors (Lipinski definition) is 5. The van der Waals surface area contributed by atoms with Crippen LogP contribution in [0.5, 0.6) is 0 Å². The predicted molar refractivity (Wildman–Crippen MR) is 125 cm³/mol. The van der Waals surface area contributed by atoms with Crippen LogP contribution >= 0.6 is 0 Å². The van der Waals surface area contributed by atoms with Gasteiger partial charge >= 0.3 is 5.97 Å². The molecule has 0 bridgehead atoms. The molecule has 0 aliphatic carbocycles. The minimum Gasteiger partial charge on any atom is -0.463 e. The van der Waals surface area contributed by atoms with Crippen LogP contribution in [0.1, 0.15) is 74.1 Å². The normalized spacial score (nSPS) is 14.1. The summed E-state index contributed by atoms with van der Waals surface area (Å²) in [7, 11) is 1.93. The summed E-state index contributed by atoms with van der Waals surface area (Å²) < 4.78 is 5.03. The zero-order valence-corrected chi connectivity index (χ0v) is 20.6. The van der Waals surface area contributed by atoms with Crippen LogP contribution in [-0.2, 0) is 14.3 Å². The van der Waals surface area contributed by atoms with Gasteiger partial charge in [-0.05, 0) is 45.6 Å².